The Morgan fingerprint density at radius 3 is 2.57 bits per heavy atom. The van der Waals surface area contributed by atoms with Crippen molar-refractivity contribution in [1.29, 1.82) is 0 Å². The van der Waals surface area contributed by atoms with Gasteiger partial charge in [-0.05, 0) is 13.0 Å². The molecule has 4 heteroatoms. The lowest BCUT2D eigenvalue weighted by Gasteiger charge is -2.05. The molecule has 1 N–H and O–H groups in total. The Morgan fingerprint density at radius 2 is 2.00 bits per heavy atom. The maximum atomic E-state index is 5.39. The molecule has 0 amide bonds. The molecule has 1 heterocycles. The van der Waals surface area contributed by atoms with Crippen LogP contribution in [0.25, 0.3) is 0 Å². The largest absolute Gasteiger partial charge is 0.425 e. The second kappa shape index (κ2) is 5.75. The molecular formula is C10H19N3O. The first-order valence-electron chi connectivity index (χ1n) is 5.27. The van der Waals surface area contributed by atoms with Gasteiger partial charge < -0.3 is 9.73 Å². The molecule has 0 spiro atoms. The molecule has 80 valence electrons. The molecule has 14 heavy (non-hydrogen) atoms. The lowest BCUT2D eigenvalue weighted by Crippen LogP contribution is -2.23. The van der Waals surface area contributed by atoms with Crippen molar-refractivity contribution in [1.82, 2.24) is 15.5 Å². The van der Waals surface area contributed by atoms with Crippen LogP contribution in [-0.4, -0.2) is 22.8 Å². The molecular weight excluding hydrogens is 178 g/mol. The van der Waals surface area contributed by atoms with E-state index < -0.39 is 0 Å². The van der Waals surface area contributed by atoms with Gasteiger partial charge in [-0.1, -0.05) is 20.8 Å². The fraction of sp³-hybridized carbons (Fsp3) is 0.800. The van der Waals surface area contributed by atoms with Crippen molar-refractivity contribution in [2.45, 2.75) is 46.1 Å². The van der Waals surface area contributed by atoms with E-state index in [1.165, 1.54) is 0 Å². The number of rotatable bonds is 6. The van der Waals surface area contributed by atoms with Gasteiger partial charge in [0.1, 0.15) is 0 Å². The molecule has 0 aromatic carbocycles. The highest BCUT2D eigenvalue weighted by Crippen LogP contribution is 2.02. The molecule has 1 aromatic rings. The Balaban J connectivity index is 2.18. The van der Waals surface area contributed by atoms with Gasteiger partial charge in [-0.3, -0.25) is 0 Å². The molecule has 0 bridgehead atoms. The SMILES string of the molecule is CCc1nnc(CCCNC(C)C)o1. The third-order valence-corrected chi connectivity index (χ3v) is 1.93. The van der Waals surface area contributed by atoms with Crippen LogP contribution in [0.4, 0.5) is 0 Å². The molecule has 0 aliphatic carbocycles. The fourth-order valence-corrected chi connectivity index (χ4v) is 1.16. The summed E-state index contributed by atoms with van der Waals surface area (Å²) in [7, 11) is 0. The normalized spacial score (nSPS) is 11.1. The van der Waals surface area contributed by atoms with Gasteiger partial charge in [-0.2, -0.15) is 0 Å². The van der Waals surface area contributed by atoms with Gasteiger partial charge in [0.2, 0.25) is 11.8 Å². The van der Waals surface area contributed by atoms with Crippen LogP contribution in [0, 0.1) is 0 Å². The lowest BCUT2D eigenvalue weighted by atomic mass is 10.3. The third kappa shape index (κ3) is 3.87. The zero-order valence-electron chi connectivity index (χ0n) is 9.21. The van der Waals surface area contributed by atoms with Crippen LogP contribution in [0.3, 0.4) is 0 Å². The van der Waals surface area contributed by atoms with Gasteiger partial charge in [0.25, 0.3) is 0 Å². The molecule has 0 saturated carbocycles. The Morgan fingerprint density at radius 1 is 1.29 bits per heavy atom. The van der Waals surface area contributed by atoms with Crippen molar-refractivity contribution in [3.05, 3.63) is 11.8 Å². The van der Waals surface area contributed by atoms with Crippen molar-refractivity contribution in [3.8, 4) is 0 Å². The van der Waals surface area contributed by atoms with Gasteiger partial charge >= 0.3 is 0 Å². The van der Waals surface area contributed by atoms with E-state index in [0.29, 0.717) is 6.04 Å². The van der Waals surface area contributed by atoms with Gasteiger partial charge in [-0.25, -0.2) is 0 Å². The van der Waals surface area contributed by atoms with Crippen LogP contribution in [0.5, 0.6) is 0 Å². The summed E-state index contributed by atoms with van der Waals surface area (Å²) in [5.74, 6) is 1.49. The first kappa shape index (κ1) is 11.2. The smallest absolute Gasteiger partial charge is 0.216 e. The summed E-state index contributed by atoms with van der Waals surface area (Å²) in [5, 5.41) is 11.2. The second-order valence-electron chi connectivity index (χ2n) is 3.66. The van der Waals surface area contributed by atoms with Gasteiger partial charge in [0.05, 0.1) is 0 Å². The van der Waals surface area contributed by atoms with E-state index in [1.54, 1.807) is 0 Å². The van der Waals surface area contributed by atoms with Crippen LogP contribution in [0.2, 0.25) is 0 Å². The zero-order chi connectivity index (χ0) is 10.4. The van der Waals surface area contributed by atoms with Crippen molar-refractivity contribution >= 4 is 0 Å². The highest BCUT2D eigenvalue weighted by atomic mass is 16.4. The van der Waals surface area contributed by atoms with Crippen molar-refractivity contribution in [3.63, 3.8) is 0 Å². The van der Waals surface area contributed by atoms with E-state index >= 15 is 0 Å². The monoisotopic (exact) mass is 197 g/mol. The molecule has 0 saturated heterocycles. The zero-order valence-corrected chi connectivity index (χ0v) is 9.21. The third-order valence-electron chi connectivity index (χ3n) is 1.93. The Hall–Kier alpha value is -0.900. The molecule has 0 fully saturated rings. The number of aryl methyl sites for hydroxylation is 2. The van der Waals surface area contributed by atoms with E-state index in [1.807, 2.05) is 6.92 Å². The van der Waals surface area contributed by atoms with Gasteiger partial charge in [0, 0.05) is 18.9 Å². The van der Waals surface area contributed by atoms with E-state index in [2.05, 4.69) is 29.4 Å². The van der Waals surface area contributed by atoms with Gasteiger partial charge in [0.15, 0.2) is 0 Å². The summed E-state index contributed by atoms with van der Waals surface area (Å²) in [6.07, 6.45) is 2.73. The predicted octanol–water partition coefficient (Wildman–Crippen LogP) is 1.56. The van der Waals surface area contributed by atoms with Crippen LogP contribution in [0.1, 0.15) is 39.0 Å². The lowest BCUT2D eigenvalue weighted by molar-refractivity contribution is 0.443. The summed E-state index contributed by atoms with van der Waals surface area (Å²) >= 11 is 0. The summed E-state index contributed by atoms with van der Waals surface area (Å²) < 4.78 is 5.39. The molecule has 0 aliphatic heterocycles. The van der Waals surface area contributed by atoms with Crippen LogP contribution in [-0.2, 0) is 12.8 Å². The van der Waals surface area contributed by atoms with Crippen LogP contribution < -0.4 is 5.32 Å². The molecule has 1 rings (SSSR count). The topological polar surface area (TPSA) is 51.0 Å². The minimum absolute atomic E-state index is 0.545. The number of hydrogen-bond acceptors (Lipinski definition) is 4. The number of nitrogens with zero attached hydrogens (tertiary/aromatic N) is 2. The number of nitrogens with one attached hydrogen (secondary N) is 1. The average molecular weight is 197 g/mol. The maximum absolute atomic E-state index is 5.39. The maximum Gasteiger partial charge on any atom is 0.216 e. The highest BCUT2D eigenvalue weighted by Gasteiger charge is 2.03. The molecule has 4 nitrogen and oxygen atoms in total. The van der Waals surface area contributed by atoms with Crippen LogP contribution >= 0.6 is 0 Å². The summed E-state index contributed by atoms with van der Waals surface area (Å²) in [4.78, 5) is 0. The second-order valence-corrected chi connectivity index (χ2v) is 3.66. The Labute approximate surface area is 85.1 Å². The summed E-state index contributed by atoms with van der Waals surface area (Å²) in [6, 6.07) is 0.545. The van der Waals surface area contributed by atoms with Crippen LogP contribution in [0.15, 0.2) is 4.42 Å². The Bertz CT molecular complexity index is 258. The Kier molecular flexibility index (Phi) is 4.59. The minimum Gasteiger partial charge on any atom is -0.425 e. The standard InChI is InChI=1S/C10H19N3O/c1-4-9-12-13-10(14-9)6-5-7-11-8(2)3/h8,11H,4-7H2,1-3H3. The molecule has 0 unspecified atom stereocenters. The number of aromatic nitrogens is 2. The van der Waals surface area contributed by atoms with Crippen molar-refractivity contribution < 1.29 is 4.42 Å². The van der Waals surface area contributed by atoms with E-state index in [4.69, 9.17) is 4.42 Å². The van der Waals surface area contributed by atoms with Gasteiger partial charge in [-0.15, -0.1) is 10.2 Å². The summed E-state index contributed by atoms with van der Waals surface area (Å²) in [5.41, 5.74) is 0. The molecule has 0 atom stereocenters. The molecule has 0 aliphatic rings. The van der Waals surface area contributed by atoms with E-state index in [9.17, 15) is 0 Å². The molecule has 1 aromatic heterocycles. The predicted molar refractivity (Wildman–Crippen MR) is 55.1 cm³/mol. The van der Waals surface area contributed by atoms with E-state index in [0.717, 1.165) is 37.6 Å². The first-order chi connectivity index (χ1) is 6.72. The summed E-state index contributed by atoms with van der Waals surface area (Å²) in [6.45, 7) is 7.29. The highest BCUT2D eigenvalue weighted by molar-refractivity contribution is 4.81. The first-order valence-corrected chi connectivity index (χ1v) is 5.27. The average Bonchev–Trinajstić information content (AvgIpc) is 2.60. The van der Waals surface area contributed by atoms with Crippen molar-refractivity contribution in [2.24, 2.45) is 0 Å². The van der Waals surface area contributed by atoms with Crippen molar-refractivity contribution in [2.75, 3.05) is 6.54 Å². The van der Waals surface area contributed by atoms with E-state index in [-0.39, 0.29) is 0 Å². The molecule has 0 radical (unpaired) electrons. The fourth-order valence-electron chi connectivity index (χ4n) is 1.16. The quantitative estimate of drug-likeness (QED) is 0.703. The minimum atomic E-state index is 0.545. The number of hydrogen-bond donors (Lipinski definition) is 1.